The van der Waals surface area contributed by atoms with Gasteiger partial charge in [-0.25, -0.2) is 0 Å². The molecule has 3 N–H and O–H groups in total. The molecule has 1 atom stereocenters. The Hall–Kier alpha value is -0.760. The molecule has 8 heteroatoms. The summed E-state index contributed by atoms with van der Waals surface area (Å²) in [5.41, 5.74) is 6.02. The van der Waals surface area contributed by atoms with Crippen molar-refractivity contribution in [1.82, 2.24) is 10.2 Å². The van der Waals surface area contributed by atoms with E-state index in [1.165, 1.54) is 11.3 Å². The third kappa shape index (κ3) is 5.50. The molecule has 21 heavy (non-hydrogen) atoms. The summed E-state index contributed by atoms with van der Waals surface area (Å²) in [5.74, 6) is 0.0197. The molecule has 0 aromatic carbocycles. The number of nitrogens with one attached hydrogen (secondary N) is 1. The van der Waals surface area contributed by atoms with E-state index in [2.05, 4.69) is 22.4 Å². The summed E-state index contributed by atoms with van der Waals surface area (Å²) in [4.78, 5) is 12.1. The number of carbonyl (C=O) groups excluding carboxylic acids is 1. The van der Waals surface area contributed by atoms with Crippen molar-refractivity contribution in [3.63, 3.8) is 0 Å². The van der Waals surface area contributed by atoms with Crippen LogP contribution in [0.5, 0.6) is 0 Å². The highest BCUT2D eigenvalue weighted by Gasteiger charge is 2.27. The second-order valence-corrected chi connectivity index (χ2v) is 6.13. The molecule has 1 amide bonds. The van der Waals surface area contributed by atoms with Gasteiger partial charge < -0.3 is 10.5 Å². The largest absolute Gasteiger partial charge is 0.381 e. The summed E-state index contributed by atoms with van der Waals surface area (Å²) in [6, 6.07) is -0.498. The summed E-state index contributed by atoms with van der Waals surface area (Å²) >= 11 is 1.43. The second kappa shape index (κ2) is 9.30. The van der Waals surface area contributed by atoms with E-state index in [1.54, 1.807) is 0 Å². The number of hydrogen-bond donors (Lipinski definition) is 2. The number of aryl methyl sites for hydroxylation is 1. The molecule has 0 bridgehead atoms. The summed E-state index contributed by atoms with van der Waals surface area (Å²) in [6.45, 7) is 3.51. The molecule has 1 aromatic rings. The van der Waals surface area contributed by atoms with Crippen LogP contribution in [0, 0.1) is 5.92 Å². The van der Waals surface area contributed by atoms with Crippen LogP contribution >= 0.6 is 23.7 Å². The smallest absolute Gasteiger partial charge is 0.243 e. The number of aromatic nitrogens is 2. The van der Waals surface area contributed by atoms with Gasteiger partial charge in [0, 0.05) is 19.6 Å². The van der Waals surface area contributed by atoms with Gasteiger partial charge in [0.15, 0.2) is 0 Å². The van der Waals surface area contributed by atoms with Crippen LogP contribution in [0.1, 0.15) is 37.6 Å². The zero-order valence-electron chi connectivity index (χ0n) is 12.2. The summed E-state index contributed by atoms with van der Waals surface area (Å²) < 4.78 is 5.28. The molecule has 1 aliphatic heterocycles. The quantitative estimate of drug-likeness (QED) is 0.830. The summed E-state index contributed by atoms with van der Waals surface area (Å²) in [7, 11) is 0. The molecule has 0 aliphatic carbocycles. The van der Waals surface area contributed by atoms with E-state index in [9.17, 15) is 4.79 Å². The number of nitrogens with two attached hydrogens (primary N) is 1. The monoisotopic (exact) mass is 334 g/mol. The van der Waals surface area contributed by atoms with Crippen LogP contribution in [0.4, 0.5) is 5.13 Å². The van der Waals surface area contributed by atoms with Crippen LogP contribution in [0.25, 0.3) is 0 Å². The van der Waals surface area contributed by atoms with Crippen molar-refractivity contribution in [1.29, 1.82) is 0 Å². The molecule has 1 aliphatic rings. The first-order valence-electron chi connectivity index (χ1n) is 7.17. The second-order valence-electron chi connectivity index (χ2n) is 5.07. The van der Waals surface area contributed by atoms with E-state index < -0.39 is 6.04 Å². The number of amides is 1. The SMILES string of the molecule is CCCCc1nnc(NC(=O)C(N)C2CCOCC2)s1.Cl. The van der Waals surface area contributed by atoms with Crippen molar-refractivity contribution in [2.24, 2.45) is 11.7 Å². The molecular formula is C13H23ClN4O2S. The number of anilines is 1. The fourth-order valence-electron chi connectivity index (χ4n) is 2.21. The molecule has 6 nitrogen and oxygen atoms in total. The molecule has 0 saturated carbocycles. The third-order valence-electron chi connectivity index (χ3n) is 3.52. The van der Waals surface area contributed by atoms with Gasteiger partial charge in [-0.1, -0.05) is 24.7 Å². The number of ether oxygens (including phenoxy) is 1. The van der Waals surface area contributed by atoms with Crippen molar-refractivity contribution in [2.75, 3.05) is 18.5 Å². The van der Waals surface area contributed by atoms with Gasteiger partial charge in [0.05, 0.1) is 6.04 Å². The normalized spacial score (nSPS) is 17.0. The Bertz CT molecular complexity index is 438. The highest BCUT2D eigenvalue weighted by molar-refractivity contribution is 7.15. The fourth-order valence-corrected chi connectivity index (χ4v) is 3.00. The average molecular weight is 335 g/mol. The van der Waals surface area contributed by atoms with Crippen LogP contribution in [-0.4, -0.2) is 35.4 Å². The highest BCUT2D eigenvalue weighted by atomic mass is 35.5. The standard InChI is InChI=1S/C13H22N4O2S.ClH/c1-2-3-4-10-16-17-13(20-10)15-12(18)11(14)9-5-7-19-8-6-9;/h9,11H,2-8,14H2,1H3,(H,15,17,18);1H. The molecule has 1 saturated heterocycles. The van der Waals surface area contributed by atoms with Crippen LogP contribution < -0.4 is 11.1 Å². The zero-order chi connectivity index (χ0) is 14.4. The molecular weight excluding hydrogens is 312 g/mol. The molecule has 2 heterocycles. The third-order valence-corrected chi connectivity index (χ3v) is 4.42. The fraction of sp³-hybridized carbons (Fsp3) is 0.769. The van der Waals surface area contributed by atoms with E-state index in [1.807, 2.05) is 0 Å². The minimum atomic E-state index is -0.498. The van der Waals surface area contributed by atoms with Gasteiger partial charge in [-0.15, -0.1) is 22.6 Å². The van der Waals surface area contributed by atoms with Crippen molar-refractivity contribution < 1.29 is 9.53 Å². The molecule has 0 radical (unpaired) electrons. The first-order valence-corrected chi connectivity index (χ1v) is 7.99. The number of hydrogen-bond acceptors (Lipinski definition) is 6. The van der Waals surface area contributed by atoms with Gasteiger partial charge in [-0.05, 0) is 25.2 Å². The van der Waals surface area contributed by atoms with Crippen LogP contribution in [0.3, 0.4) is 0 Å². The van der Waals surface area contributed by atoms with E-state index in [4.69, 9.17) is 10.5 Å². The predicted molar refractivity (Wildman–Crippen MR) is 85.9 cm³/mol. The van der Waals surface area contributed by atoms with Crippen molar-refractivity contribution in [2.45, 2.75) is 45.1 Å². The highest BCUT2D eigenvalue weighted by Crippen LogP contribution is 2.21. The maximum Gasteiger partial charge on any atom is 0.243 e. The van der Waals surface area contributed by atoms with E-state index in [0.717, 1.165) is 37.1 Å². The van der Waals surface area contributed by atoms with Gasteiger partial charge in [0.25, 0.3) is 0 Å². The summed E-state index contributed by atoms with van der Waals surface area (Å²) in [6.07, 6.45) is 4.80. The predicted octanol–water partition coefficient (Wildman–Crippen LogP) is 1.99. The van der Waals surface area contributed by atoms with E-state index >= 15 is 0 Å². The summed E-state index contributed by atoms with van der Waals surface area (Å²) in [5, 5.41) is 12.3. The number of halogens is 1. The Morgan fingerprint density at radius 3 is 2.86 bits per heavy atom. The van der Waals surface area contributed by atoms with Gasteiger partial charge in [-0.2, -0.15) is 0 Å². The number of rotatable bonds is 6. The number of unbranched alkanes of at least 4 members (excludes halogenated alkanes) is 1. The Kier molecular flexibility index (Phi) is 8.10. The first-order chi connectivity index (χ1) is 9.70. The topological polar surface area (TPSA) is 90.1 Å². The van der Waals surface area contributed by atoms with Crippen molar-refractivity contribution in [3.05, 3.63) is 5.01 Å². The van der Waals surface area contributed by atoms with Crippen molar-refractivity contribution in [3.8, 4) is 0 Å². The lowest BCUT2D eigenvalue weighted by molar-refractivity contribution is -0.119. The number of carbonyl (C=O) groups is 1. The van der Waals surface area contributed by atoms with E-state index in [0.29, 0.717) is 18.3 Å². The van der Waals surface area contributed by atoms with Gasteiger partial charge in [-0.3, -0.25) is 10.1 Å². The molecule has 2 rings (SSSR count). The zero-order valence-corrected chi connectivity index (χ0v) is 13.8. The molecule has 120 valence electrons. The Morgan fingerprint density at radius 2 is 2.19 bits per heavy atom. The van der Waals surface area contributed by atoms with E-state index in [-0.39, 0.29) is 24.2 Å². The maximum absolute atomic E-state index is 12.1. The van der Waals surface area contributed by atoms with Gasteiger partial charge >= 0.3 is 0 Å². The Labute approximate surface area is 135 Å². The lowest BCUT2D eigenvalue weighted by Crippen LogP contribution is -2.43. The van der Waals surface area contributed by atoms with Crippen LogP contribution in [0.2, 0.25) is 0 Å². The average Bonchev–Trinajstić information content (AvgIpc) is 2.92. The molecule has 0 spiro atoms. The van der Waals surface area contributed by atoms with Crippen LogP contribution in [0.15, 0.2) is 0 Å². The molecule has 1 fully saturated rings. The Balaban J connectivity index is 0.00000220. The lowest BCUT2D eigenvalue weighted by atomic mass is 9.92. The molecule has 1 aromatic heterocycles. The minimum Gasteiger partial charge on any atom is -0.381 e. The lowest BCUT2D eigenvalue weighted by Gasteiger charge is -2.26. The first kappa shape index (κ1) is 18.3. The number of nitrogens with zero attached hydrogens (tertiary/aromatic N) is 2. The molecule has 1 unspecified atom stereocenters. The Morgan fingerprint density at radius 1 is 1.48 bits per heavy atom. The van der Waals surface area contributed by atoms with Gasteiger partial charge in [0.1, 0.15) is 5.01 Å². The minimum absolute atomic E-state index is 0. The van der Waals surface area contributed by atoms with Crippen LogP contribution in [-0.2, 0) is 16.0 Å². The van der Waals surface area contributed by atoms with Crippen molar-refractivity contribution >= 4 is 34.8 Å². The maximum atomic E-state index is 12.1. The van der Waals surface area contributed by atoms with Gasteiger partial charge in [0.2, 0.25) is 11.0 Å².